The molecule has 0 spiro atoms. The van der Waals surface area contributed by atoms with Gasteiger partial charge < -0.3 is 15.2 Å². The molecule has 2 N–H and O–H groups in total. The molecule has 1 fully saturated rings. The first-order valence-corrected chi connectivity index (χ1v) is 9.76. The molecule has 0 saturated carbocycles. The molecule has 0 bridgehead atoms. The minimum atomic E-state index is -0.557. The maximum Gasteiger partial charge on any atom is 0.222 e. The fourth-order valence-electron chi connectivity index (χ4n) is 3.59. The Morgan fingerprint density at radius 3 is 2.50 bits per heavy atom. The third-order valence-corrected chi connectivity index (χ3v) is 5.46. The van der Waals surface area contributed by atoms with E-state index in [1.54, 1.807) is 30.3 Å². The highest BCUT2D eigenvalue weighted by atomic mass is 35.5. The average Bonchev–Trinajstić information content (AvgIpc) is 2.63. The summed E-state index contributed by atoms with van der Waals surface area (Å²) in [5.74, 6) is -0.538. The molecule has 1 aliphatic rings. The van der Waals surface area contributed by atoms with Crippen molar-refractivity contribution in [2.45, 2.75) is 51.4 Å². The SMILES string of the molecule is CC(C)C(=O)N[C@]1(C)C[C@@H](c2ccc(F)cc2)O[C@@H](c2cccc(Cl)c2O)C1. The zero-order valence-electron chi connectivity index (χ0n) is 16.2. The van der Waals surface area contributed by atoms with Crippen LogP contribution in [0.5, 0.6) is 5.75 Å². The number of phenols is 1. The summed E-state index contributed by atoms with van der Waals surface area (Å²) in [6, 6.07) is 11.3. The number of ether oxygens (including phenoxy) is 1. The number of carbonyl (C=O) groups is 1. The minimum absolute atomic E-state index is 0.0218. The van der Waals surface area contributed by atoms with Crippen LogP contribution < -0.4 is 5.32 Å². The Bertz CT molecular complexity index is 855. The number of phenolic OH excluding ortho intramolecular Hbond substituents is 1. The van der Waals surface area contributed by atoms with Crippen LogP contribution in [0.3, 0.4) is 0 Å². The Labute approximate surface area is 169 Å². The van der Waals surface area contributed by atoms with E-state index in [1.807, 2.05) is 20.8 Å². The molecule has 2 aromatic rings. The summed E-state index contributed by atoms with van der Waals surface area (Å²) in [7, 11) is 0. The van der Waals surface area contributed by atoms with Gasteiger partial charge >= 0.3 is 0 Å². The van der Waals surface area contributed by atoms with E-state index in [0.29, 0.717) is 18.4 Å². The number of hydrogen-bond donors (Lipinski definition) is 2. The van der Waals surface area contributed by atoms with Gasteiger partial charge in [-0.15, -0.1) is 0 Å². The lowest BCUT2D eigenvalue weighted by Crippen LogP contribution is -2.52. The van der Waals surface area contributed by atoms with Gasteiger partial charge in [-0.1, -0.05) is 49.7 Å². The summed E-state index contributed by atoms with van der Waals surface area (Å²) in [6.45, 7) is 5.66. The monoisotopic (exact) mass is 405 g/mol. The van der Waals surface area contributed by atoms with Crippen molar-refractivity contribution in [1.29, 1.82) is 0 Å². The third kappa shape index (κ3) is 4.47. The van der Waals surface area contributed by atoms with Crippen molar-refractivity contribution in [1.82, 2.24) is 5.32 Å². The second kappa shape index (κ2) is 8.10. The number of amides is 1. The summed E-state index contributed by atoms with van der Waals surface area (Å²) < 4.78 is 19.6. The van der Waals surface area contributed by atoms with Crippen molar-refractivity contribution in [2.75, 3.05) is 0 Å². The number of nitrogens with one attached hydrogen (secondary N) is 1. The molecule has 0 aliphatic carbocycles. The lowest BCUT2D eigenvalue weighted by atomic mass is 9.81. The van der Waals surface area contributed by atoms with Crippen LogP contribution in [0.1, 0.15) is 56.9 Å². The van der Waals surface area contributed by atoms with Crippen LogP contribution >= 0.6 is 11.6 Å². The predicted octanol–water partition coefficient (Wildman–Crippen LogP) is 5.31. The molecular formula is C22H25ClFNO3. The first-order chi connectivity index (χ1) is 13.2. The Morgan fingerprint density at radius 2 is 1.86 bits per heavy atom. The zero-order valence-corrected chi connectivity index (χ0v) is 17.0. The molecular weight excluding hydrogens is 381 g/mol. The summed E-state index contributed by atoms with van der Waals surface area (Å²) in [5.41, 5.74) is 0.833. The third-order valence-electron chi connectivity index (χ3n) is 5.16. The van der Waals surface area contributed by atoms with Crippen LogP contribution in [0, 0.1) is 11.7 Å². The van der Waals surface area contributed by atoms with E-state index in [4.69, 9.17) is 16.3 Å². The van der Waals surface area contributed by atoms with Crippen molar-refractivity contribution in [3.63, 3.8) is 0 Å². The normalized spacial score (nSPS) is 24.9. The zero-order chi connectivity index (χ0) is 20.5. The van der Waals surface area contributed by atoms with Gasteiger partial charge in [0.1, 0.15) is 11.6 Å². The number of carbonyl (C=O) groups excluding carboxylic acids is 1. The molecule has 0 unspecified atom stereocenters. The number of rotatable bonds is 4. The van der Waals surface area contributed by atoms with Gasteiger partial charge in [0, 0.05) is 29.9 Å². The Kier molecular flexibility index (Phi) is 5.96. The number of para-hydroxylation sites is 1. The van der Waals surface area contributed by atoms with Gasteiger partial charge in [0.05, 0.1) is 17.2 Å². The second-order valence-electron chi connectivity index (χ2n) is 7.96. The highest BCUT2D eigenvalue weighted by Crippen LogP contribution is 2.46. The predicted molar refractivity (Wildman–Crippen MR) is 107 cm³/mol. The van der Waals surface area contributed by atoms with Crippen LogP contribution in [-0.4, -0.2) is 16.6 Å². The standard InChI is InChI=1S/C22H25ClFNO3/c1-13(2)21(27)25-22(3)11-18(14-7-9-15(24)10-8-14)28-19(12-22)16-5-4-6-17(23)20(16)26/h4-10,13,18-19,26H,11-12H2,1-3H3,(H,25,27)/t18-,19+,22+/m0/s1. The maximum atomic E-state index is 13.4. The largest absolute Gasteiger partial charge is 0.506 e. The summed E-state index contributed by atoms with van der Waals surface area (Å²) in [5, 5.41) is 13.8. The lowest BCUT2D eigenvalue weighted by molar-refractivity contribution is -0.131. The highest BCUT2D eigenvalue weighted by Gasteiger charge is 2.41. The molecule has 1 saturated heterocycles. The average molecular weight is 406 g/mol. The molecule has 0 aromatic heterocycles. The van der Waals surface area contributed by atoms with Gasteiger partial charge in [-0.2, -0.15) is 0 Å². The second-order valence-corrected chi connectivity index (χ2v) is 8.36. The van der Waals surface area contributed by atoms with Gasteiger partial charge in [0.25, 0.3) is 0 Å². The Balaban J connectivity index is 1.96. The number of benzene rings is 2. The topological polar surface area (TPSA) is 58.6 Å². The van der Waals surface area contributed by atoms with Crippen molar-refractivity contribution in [3.05, 3.63) is 64.4 Å². The van der Waals surface area contributed by atoms with Gasteiger partial charge in [-0.05, 0) is 30.7 Å². The van der Waals surface area contributed by atoms with E-state index in [2.05, 4.69) is 5.32 Å². The van der Waals surface area contributed by atoms with Crippen molar-refractivity contribution < 1.29 is 19.0 Å². The van der Waals surface area contributed by atoms with E-state index in [-0.39, 0.29) is 34.5 Å². The maximum absolute atomic E-state index is 13.4. The minimum Gasteiger partial charge on any atom is -0.506 e. The van der Waals surface area contributed by atoms with Crippen LogP contribution in [0.2, 0.25) is 5.02 Å². The van der Waals surface area contributed by atoms with Crippen LogP contribution in [0.15, 0.2) is 42.5 Å². The van der Waals surface area contributed by atoms with Gasteiger partial charge in [-0.3, -0.25) is 4.79 Å². The molecule has 1 aliphatic heterocycles. The molecule has 4 nitrogen and oxygen atoms in total. The van der Waals surface area contributed by atoms with E-state index in [1.165, 1.54) is 12.1 Å². The number of halogens is 2. The molecule has 3 atom stereocenters. The lowest BCUT2D eigenvalue weighted by Gasteiger charge is -2.43. The van der Waals surface area contributed by atoms with E-state index in [0.717, 1.165) is 5.56 Å². The fourth-order valence-corrected chi connectivity index (χ4v) is 3.77. The first-order valence-electron chi connectivity index (χ1n) is 9.39. The Morgan fingerprint density at radius 1 is 1.21 bits per heavy atom. The summed E-state index contributed by atoms with van der Waals surface area (Å²) in [4.78, 5) is 12.4. The molecule has 150 valence electrons. The van der Waals surface area contributed by atoms with Crippen LogP contribution in [0.25, 0.3) is 0 Å². The molecule has 0 radical (unpaired) electrons. The smallest absolute Gasteiger partial charge is 0.222 e. The molecule has 3 rings (SSSR count). The van der Waals surface area contributed by atoms with Crippen LogP contribution in [-0.2, 0) is 9.53 Å². The van der Waals surface area contributed by atoms with Crippen molar-refractivity contribution in [3.8, 4) is 5.75 Å². The molecule has 6 heteroatoms. The highest BCUT2D eigenvalue weighted by molar-refractivity contribution is 6.32. The fraction of sp³-hybridized carbons (Fsp3) is 0.409. The number of aromatic hydroxyl groups is 1. The summed E-state index contributed by atoms with van der Waals surface area (Å²) in [6.07, 6.45) is 0.182. The molecule has 1 heterocycles. The van der Waals surface area contributed by atoms with Crippen LogP contribution in [0.4, 0.5) is 4.39 Å². The van der Waals surface area contributed by atoms with E-state index < -0.39 is 11.6 Å². The summed E-state index contributed by atoms with van der Waals surface area (Å²) >= 11 is 6.08. The quantitative estimate of drug-likeness (QED) is 0.724. The van der Waals surface area contributed by atoms with Crippen molar-refractivity contribution >= 4 is 17.5 Å². The Hall–Kier alpha value is -2.11. The van der Waals surface area contributed by atoms with E-state index in [9.17, 15) is 14.3 Å². The molecule has 2 aromatic carbocycles. The van der Waals surface area contributed by atoms with Crippen molar-refractivity contribution in [2.24, 2.45) is 5.92 Å². The van der Waals surface area contributed by atoms with Gasteiger partial charge in [-0.25, -0.2) is 4.39 Å². The number of hydrogen-bond acceptors (Lipinski definition) is 3. The first kappa shape index (κ1) is 20.6. The van der Waals surface area contributed by atoms with Gasteiger partial charge in [0.15, 0.2) is 0 Å². The molecule has 1 amide bonds. The van der Waals surface area contributed by atoms with E-state index >= 15 is 0 Å². The van der Waals surface area contributed by atoms with Gasteiger partial charge in [0.2, 0.25) is 5.91 Å². The molecule has 28 heavy (non-hydrogen) atoms.